The van der Waals surface area contributed by atoms with Gasteiger partial charge in [0.25, 0.3) is 0 Å². The van der Waals surface area contributed by atoms with E-state index in [0.29, 0.717) is 30.4 Å². The van der Waals surface area contributed by atoms with Gasteiger partial charge in [0.1, 0.15) is 5.75 Å². The van der Waals surface area contributed by atoms with Crippen LogP contribution in [-0.4, -0.2) is 30.6 Å². The van der Waals surface area contributed by atoms with Crippen LogP contribution in [0.15, 0.2) is 24.3 Å². The number of carbonyl (C=O) groups excluding carboxylic acids is 1. The van der Waals surface area contributed by atoms with Crippen molar-refractivity contribution in [3.8, 4) is 5.75 Å². The van der Waals surface area contributed by atoms with Crippen molar-refractivity contribution >= 4 is 11.9 Å². The van der Waals surface area contributed by atoms with Crippen molar-refractivity contribution in [1.29, 1.82) is 0 Å². The normalized spacial score (nSPS) is 25.6. The van der Waals surface area contributed by atoms with Gasteiger partial charge in [-0.25, -0.2) is 0 Å². The summed E-state index contributed by atoms with van der Waals surface area (Å²) in [5.41, 5.74) is 0.847. The number of methoxy groups -OCH3 is 1. The van der Waals surface area contributed by atoms with Crippen LogP contribution >= 0.6 is 0 Å². The highest BCUT2D eigenvalue weighted by Gasteiger charge is 2.40. The van der Waals surface area contributed by atoms with E-state index in [0.717, 1.165) is 11.5 Å². The van der Waals surface area contributed by atoms with E-state index in [1.807, 2.05) is 24.3 Å². The minimum Gasteiger partial charge on any atom is -0.496 e. The maximum Gasteiger partial charge on any atom is 0.308 e. The minimum atomic E-state index is -0.897. The van der Waals surface area contributed by atoms with E-state index >= 15 is 0 Å². The predicted octanol–water partition coefficient (Wildman–Crippen LogP) is 2.88. The van der Waals surface area contributed by atoms with Crippen molar-refractivity contribution in [2.24, 2.45) is 23.7 Å². The molecule has 5 heteroatoms. The van der Waals surface area contributed by atoms with Gasteiger partial charge < -0.3 is 15.2 Å². The molecule has 0 heterocycles. The smallest absolute Gasteiger partial charge is 0.308 e. The first-order valence-electron chi connectivity index (χ1n) is 9.18. The van der Waals surface area contributed by atoms with E-state index in [9.17, 15) is 14.7 Å². The molecule has 0 aliphatic heterocycles. The number of benzene rings is 1. The molecule has 25 heavy (non-hydrogen) atoms. The minimum absolute atomic E-state index is 0.0103. The molecule has 1 aromatic rings. The van der Waals surface area contributed by atoms with Crippen LogP contribution in [0.1, 0.15) is 37.7 Å². The van der Waals surface area contributed by atoms with E-state index < -0.39 is 11.9 Å². The van der Waals surface area contributed by atoms with Crippen molar-refractivity contribution in [2.45, 2.75) is 38.5 Å². The second-order valence-electron chi connectivity index (χ2n) is 7.49. The second kappa shape index (κ2) is 7.89. The van der Waals surface area contributed by atoms with Crippen LogP contribution in [-0.2, 0) is 16.0 Å². The summed E-state index contributed by atoms with van der Waals surface area (Å²) in [6.45, 7) is 0.160. The van der Waals surface area contributed by atoms with Crippen LogP contribution in [0.25, 0.3) is 0 Å². The number of rotatable bonds is 8. The molecule has 1 amide bonds. The topological polar surface area (TPSA) is 75.6 Å². The number of nitrogens with one attached hydrogen (secondary N) is 1. The van der Waals surface area contributed by atoms with Gasteiger partial charge in [-0.05, 0) is 55.1 Å². The van der Waals surface area contributed by atoms with Crippen LogP contribution in [0, 0.1) is 23.7 Å². The average molecular weight is 345 g/mol. The van der Waals surface area contributed by atoms with Crippen LogP contribution in [0.5, 0.6) is 5.75 Å². The molecule has 0 saturated heterocycles. The van der Waals surface area contributed by atoms with Gasteiger partial charge in [-0.2, -0.15) is 0 Å². The standard InChI is InChI=1S/C20H27NO4/c1-25-18-5-3-2-4-15(18)10-17(20(23)24)12-21-19(22)11-16-9-13-6-7-14(16)8-13/h2-5,13-14,16-17H,6-12H2,1H3,(H,21,22)(H,23,24). The molecule has 2 fully saturated rings. The van der Waals surface area contributed by atoms with Gasteiger partial charge in [0, 0.05) is 13.0 Å². The third kappa shape index (κ3) is 4.33. The van der Waals surface area contributed by atoms with Gasteiger partial charge in [-0.3, -0.25) is 9.59 Å². The molecule has 0 aromatic heterocycles. The summed E-state index contributed by atoms with van der Waals surface area (Å²) in [6, 6.07) is 7.41. The number of fused-ring (bicyclic) bond motifs is 2. The molecule has 1 aromatic carbocycles. The first kappa shape index (κ1) is 17.8. The summed E-state index contributed by atoms with van der Waals surface area (Å²) < 4.78 is 5.29. The Balaban J connectivity index is 1.51. The third-order valence-corrected chi connectivity index (χ3v) is 5.89. The largest absolute Gasteiger partial charge is 0.496 e. The quantitative estimate of drug-likeness (QED) is 0.760. The Bertz CT molecular complexity index is 630. The summed E-state index contributed by atoms with van der Waals surface area (Å²) >= 11 is 0. The van der Waals surface area contributed by atoms with Crippen molar-refractivity contribution in [2.75, 3.05) is 13.7 Å². The Morgan fingerprint density at radius 2 is 2.08 bits per heavy atom. The molecule has 136 valence electrons. The molecule has 4 atom stereocenters. The zero-order valence-electron chi connectivity index (χ0n) is 14.7. The second-order valence-corrected chi connectivity index (χ2v) is 7.49. The molecule has 2 N–H and O–H groups in total. The Kier molecular flexibility index (Phi) is 5.61. The fraction of sp³-hybridized carbons (Fsp3) is 0.600. The Hall–Kier alpha value is -2.04. The number of carbonyl (C=O) groups is 2. The monoisotopic (exact) mass is 345 g/mol. The zero-order chi connectivity index (χ0) is 17.8. The fourth-order valence-corrected chi connectivity index (χ4v) is 4.56. The molecule has 2 aliphatic rings. The predicted molar refractivity (Wildman–Crippen MR) is 94.4 cm³/mol. The molecular formula is C20H27NO4. The maximum absolute atomic E-state index is 12.2. The lowest BCUT2D eigenvalue weighted by molar-refractivity contribution is -0.141. The molecule has 0 radical (unpaired) electrons. The lowest BCUT2D eigenvalue weighted by atomic mass is 9.86. The van der Waals surface area contributed by atoms with Crippen molar-refractivity contribution in [1.82, 2.24) is 5.32 Å². The number of carboxylic acid groups (broad SMARTS) is 1. The lowest BCUT2D eigenvalue weighted by Crippen LogP contribution is -2.35. The molecule has 2 saturated carbocycles. The van der Waals surface area contributed by atoms with E-state index in [2.05, 4.69) is 5.32 Å². The van der Waals surface area contributed by atoms with Gasteiger partial charge in [0.15, 0.2) is 0 Å². The van der Waals surface area contributed by atoms with Gasteiger partial charge in [-0.1, -0.05) is 24.6 Å². The van der Waals surface area contributed by atoms with Crippen molar-refractivity contribution in [3.05, 3.63) is 29.8 Å². The van der Waals surface area contributed by atoms with E-state index in [1.54, 1.807) is 7.11 Å². The molecule has 4 unspecified atom stereocenters. The van der Waals surface area contributed by atoms with Gasteiger partial charge in [0.2, 0.25) is 5.91 Å². The molecule has 0 spiro atoms. The molecular weight excluding hydrogens is 318 g/mol. The van der Waals surface area contributed by atoms with Crippen LogP contribution < -0.4 is 10.1 Å². The Morgan fingerprint density at radius 3 is 2.72 bits per heavy atom. The van der Waals surface area contributed by atoms with Crippen LogP contribution in [0.3, 0.4) is 0 Å². The number of hydrogen-bond donors (Lipinski definition) is 2. The number of hydrogen-bond acceptors (Lipinski definition) is 3. The molecule has 2 bridgehead atoms. The summed E-state index contributed by atoms with van der Waals surface area (Å²) in [5, 5.41) is 12.3. The van der Waals surface area contributed by atoms with Crippen LogP contribution in [0.4, 0.5) is 0 Å². The van der Waals surface area contributed by atoms with Gasteiger partial charge in [-0.15, -0.1) is 0 Å². The maximum atomic E-state index is 12.2. The van der Waals surface area contributed by atoms with Crippen molar-refractivity contribution < 1.29 is 19.4 Å². The van der Waals surface area contributed by atoms with E-state index in [-0.39, 0.29) is 12.5 Å². The van der Waals surface area contributed by atoms with E-state index in [1.165, 1.54) is 25.7 Å². The first-order valence-corrected chi connectivity index (χ1v) is 9.18. The lowest BCUT2D eigenvalue weighted by Gasteiger charge is -2.21. The number of aliphatic carboxylic acids is 1. The molecule has 3 rings (SSSR count). The molecule has 2 aliphatic carbocycles. The number of amides is 1. The number of carboxylic acids is 1. The first-order chi connectivity index (χ1) is 12.1. The summed E-state index contributed by atoms with van der Waals surface area (Å²) in [6.07, 6.45) is 5.91. The van der Waals surface area contributed by atoms with Crippen molar-refractivity contribution in [3.63, 3.8) is 0 Å². The average Bonchev–Trinajstić information content (AvgIpc) is 3.21. The highest BCUT2D eigenvalue weighted by atomic mass is 16.5. The number of para-hydroxylation sites is 1. The number of ether oxygens (including phenoxy) is 1. The summed E-state index contributed by atoms with van der Waals surface area (Å²) in [7, 11) is 1.58. The fourth-order valence-electron chi connectivity index (χ4n) is 4.56. The Morgan fingerprint density at radius 1 is 1.28 bits per heavy atom. The van der Waals surface area contributed by atoms with Gasteiger partial charge in [0.05, 0.1) is 13.0 Å². The summed E-state index contributed by atoms with van der Waals surface area (Å²) in [5.74, 6) is 1.15. The Labute approximate surface area is 148 Å². The third-order valence-electron chi connectivity index (χ3n) is 5.89. The van der Waals surface area contributed by atoms with Gasteiger partial charge >= 0.3 is 5.97 Å². The van der Waals surface area contributed by atoms with E-state index in [4.69, 9.17) is 4.74 Å². The SMILES string of the molecule is COc1ccccc1CC(CNC(=O)CC1CC2CCC1C2)C(=O)O. The molecule has 5 nitrogen and oxygen atoms in total. The highest BCUT2D eigenvalue weighted by Crippen LogP contribution is 2.49. The zero-order valence-corrected chi connectivity index (χ0v) is 14.7. The highest BCUT2D eigenvalue weighted by molar-refractivity contribution is 5.77. The van der Waals surface area contributed by atoms with Crippen LogP contribution in [0.2, 0.25) is 0 Å². The summed E-state index contributed by atoms with van der Waals surface area (Å²) in [4.78, 5) is 23.8.